The Bertz CT molecular complexity index is 564. The SMILES string of the molecule is CCc1ccc(CC(CN)c2cc(F)ccc2F)cc1. The molecule has 0 spiro atoms. The van der Waals surface area contributed by atoms with Gasteiger partial charge in [0.2, 0.25) is 0 Å². The first-order valence-electron chi connectivity index (χ1n) is 6.86. The van der Waals surface area contributed by atoms with Crippen LogP contribution in [0, 0.1) is 11.6 Å². The second-order valence-electron chi connectivity index (χ2n) is 4.97. The molecule has 1 unspecified atom stereocenters. The van der Waals surface area contributed by atoms with E-state index < -0.39 is 11.6 Å². The van der Waals surface area contributed by atoms with Gasteiger partial charge in [0.1, 0.15) is 11.6 Å². The van der Waals surface area contributed by atoms with E-state index in [0.29, 0.717) is 12.0 Å². The maximum absolute atomic E-state index is 13.8. The van der Waals surface area contributed by atoms with Crippen molar-refractivity contribution in [2.75, 3.05) is 6.54 Å². The van der Waals surface area contributed by atoms with Crippen LogP contribution in [-0.2, 0) is 12.8 Å². The largest absolute Gasteiger partial charge is 0.330 e. The van der Waals surface area contributed by atoms with Gasteiger partial charge in [-0.25, -0.2) is 8.78 Å². The minimum Gasteiger partial charge on any atom is -0.330 e. The molecule has 20 heavy (non-hydrogen) atoms. The first-order chi connectivity index (χ1) is 9.63. The van der Waals surface area contributed by atoms with E-state index in [0.717, 1.165) is 24.1 Å². The molecule has 106 valence electrons. The lowest BCUT2D eigenvalue weighted by Crippen LogP contribution is -2.16. The van der Waals surface area contributed by atoms with Crippen LogP contribution in [0.3, 0.4) is 0 Å². The zero-order chi connectivity index (χ0) is 14.5. The number of nitrogens with two attached hydrogens (primary N) is 1. The first-order valence-corrected chi connectivity index (χ1v) is 6.86. The van der Waals surface area contributed by atoms with Gasteiger partial charge in [-0.2, -0.15) is 0 Å². The highest BCUT2D eigenvalue weighted by Crippen LogP contribution is 2.24. The van der Waals surface area contributed by atoms with Gasteiger partial charge in [-0.1, -0.05) is 31.2 Å². The zero-order valence-electron chi connectivity index (χ0n) is 11.6. The fraction of sp³-hybridized carbons (Fsp3) is 0.294. The summed E-state index contributed by atoms with van der Waals surface area (Å²) in [6.07, 6.45) is 1.60. The van der Waals surface area contributed by atoms with Crippen LogP contribution in [0.5, 0.6) is 0 Å². The third-order valence-electron chi connectivity index (χ3n) is 3.60. The minimum absolute atomic E-state index is 0.210. The van der Waals surface area contributed by atoms with Gasteiger partial charge >= 0.3 is 0 Å². The van der Waals surface area contributed by atoms with Gasteiger partial charge in [0.15, 0.2) is 0 Å². The van der Waals surface area contributed by atoms with Crippen molar-refractivity contribution in [3.05, 3.63) is 70.8 Å². The molecule has 0 saturated carbocycles. The lowest BCUT2D eigenvalue weighted by atomic mass is 9.91. The highest BCUT2D eigenvalue weighted by Gasteiger charge is 2.16. The Balaban J connectivity index is 2.21. The smallest absolute Gasteiger partial charge is 0.126 e. The van der Waals surface area contributed by atoms with E-state index in [1.165, 1.54) is 11.6 Å². The standard InChI is InChI=1S/C17H19F2N/c1-2-12-3-5-13(6-4-12)9-14(11-20)16-10-15(18)7-8-17(16)19/h3-8,10,14H,2,9,11,20H2,1H3. The highest BCUT2D eigenvalue weighted by atomic mass is 19.1. The van der Waals surface area contributed by atoms with E-state index in [9.17, 15) is 8.78 Å². The third kappa shape index (κ3) is 3.42. The van der Waals surface area contributed by atoms with Crippen molar-refractivity contribution < 1.29 is 8.78 Å². The summed E-state index contributed by atoms with van der Waals surface area (Å²) in [5.74, 6) is -1.04. The number of rotatable bonds is 5. The molecular weight excluding hydrogens is 256 g/mol. The molecule has 0 radical (unpaired) electrons. The van der Waals surface area contributed by atoms with E-state index in [4.69, 9.17) is 5.73 Å². The second-order valence-corrected chi connectivity index (χ2v) is 4.97. The molecule has 2 rings (SSSR count). The number of benzene rings is 2. The molecule has 0 aliphatic carbocycles. The van der Waals surface area contributed by atoms with E-state index in [-0.39, 0.29) is 12.5 Å². The van der Waals surface area contributed by atoms with Crippen molar-refractivity contribution in [2.45, 2.75) is 25.7 Å². The van der Waals surface area contributed by atoms with Crippen molar-refractivity contribution in [3.63, 3.8) is 0 Å². The zero-order valence-corrected chi connectivity index (χ0v) is 11.6. The summed E-state index contributed by atoms with van der Waals surface area (Å²) in [6.45, 7) is 2.38. The molecule has 0 aliphatic heterocycles. The van der Waals surface area contributed by atoms with Gasteiger partial charge in [-0.15, -0.1) is 0 Å². The monoisotopic (exact) mass is 275 g/mol. The van der Waals surface area contributed by atoms with Crippen LogP contribution in [0.4, 0.5) is 8.78 Å². The molecule has 3 heteroatoms. The van der Waals surface area contributed by atoms with Gasteiger partial charge < -0.3 is 5.73 Å². The molecule has 0 aromatic heterocycles. The molecule has 0 saturated heterocycles. The maximum atomic E-state index is 13.8. The third-order valence-corrected chi connectivity index (χ3v) is 3.60. The molecule has 1 atom stereocenters. The van der Waals surface area contributed by atoms with E-state index in [1.807, 2.05) is 12.1 Å². The van der Waals surface area contributed by atoms with Crippen molar-refractivity contribution >= 4 is 0 Å². The summed E-state index contributed by atoms with van der Waals surface area (Å²) in [4.78, 5) is 0. The summed E-state index contributed by atoms with van der Waals surface area (Å²) in [5.41, 5.74) is 8.44. The number of aryl methyl sites for hydroxylation is 1. The van der Waals surface area contributed by atoms with Crippen LogP contribution < -0.4 is 5.73 Å². The molecule has 2 aromatic carbocycles. The fourth-order valence-corrected chi connectivity index (χ4v) is 2.34. The Kier molecular flexibility index (Phi) is 4.85. The Morgan fingerprint density at radius 1 is 1.00 bits per heavy atom. The Morgan fingerprint density at radius 3 is 2.25 bits per heavy atom. The van der Waals surface area contributed by atoms with Gasteiger partial charge in [-0.3, -0.25) is 0 Å². The van der Waals surface area contributed by atoms with Gasteiger partial charge in [0.25, 0.3) is 0 Å². The molecule has 0 heterocycles. The molecule has 0 amide bonds. The van der Waals surface area contributed by atoms with Gasteiger partial charge in [0, 0.05) is 5.92 Å². The van der Waals surface area contributed by atoms with E-state index in [2.05, 4.69) is 19.1 Å². The molecule has 0 bridgehead atoms. The van der Waals surface area contributed by atoms with Crippen molar-refractivity contribution in [1.29, 1.82) is 0 Å². The molecule has 0 aliphatic rings. The van der Waals surface area contributed by atoms with E-state index >= 15 is 0 Å². The number of hydrogen-bond donors (Lipinski definition) is 1. The average Bonchev–Trinajstić information content (AvgIpc) is 2.48. The topological polar surface area (TPSA) is 26.0 Å². The minimum atomic E-state index is -0.429. The summed E-state index contributed by atoms with van der Waals surface area (Å²) < 4.78 is 27.1. The molecule has 2 N–H and O–H groups in total. The maximum Gasteiger partial charge on any atom is 0.126 e. The lowest BCUT2D eigenvalue weighted by Gasteiger charge is -2.16. The second kappa shape index (κ2) is 6.62. The normalized spacial score (nSPS) is 12.4. The number of halogens is 2. The van der Waals surface area contributed by atoms with Crippen LogP contribution >= 0.6 is 0 Å². The van der Waals surface area contributed by atoms with Crippen molar-refractivity contribution in [2.24, 2.45) is 5.73 Å². The number of hydrogen-bond acceptors (Lipinski definition) is 1. The Labute approximate surface area is 118 Å². The predicted octanol–water partition coefficient (Wildman–Crippen LogP) is 3.81. The van der Waals surface area contributed by atoms with Gasteiger partial charge in [0.05, 0.1) is 0 Å². The van der Waals surface area contributed by atoms with Crippen molar-refractivity contribution in [3.8, 4) is 0 Å². The van der Waals surface area contributed by atoms with Crippen molar-refractivity contribution in [1.82, 2.24) is 0 Å². The first kappa shape index (κ1) is 14.7. The summed E-state index contributed by atoms with van der Waals surface area (Å²) in [5, 5.41) is 0. The molecule has 1 nitrogen and oxygen atoms in total. The Morgan fingerprint density at radius 2 is 1.65 bits per heavy atom. The van der Waals surface area contributed by atoms with E-state index in [1.54, 1.807) is 0 Å². The lowest BCUT2D eigenvalue weighted by molar-refractivity contribution is 0.557. The molecule has 2 aromatic rings. The van der Waals surface area contributed by atoms with Gasteiger partial charge in [-0.05, 0) is 54.3 Å². The summed E-state index contributed by atoms with van der Waals surface area (Å²) in [7, 11) is 0. The van der Waals surface area contributed by atoms with Crippen LogP contribution in [0.25, 0.3) is 0 Å². The summed E-state index contributed by atoms with van der Waals surface area (Å²) >= 11 is 0. The Hall–Kier alpha value is -1.74. The highest BCUT2D eigenvalue weighted by molar-refractivity contribution is 5.28. The fourth-order valence-electron chi connectivity index (χ4n) is 2.34. The average molecular weight is 275 g/mol. The van der Waals surface area contributed by atoms with Crippen LogP contribution in [0.2, 0.25) is 0 Å². The summed E-state index contributed by atoms with van der Waals surface area (Å²) in [6, 6.07) is 11.7. The van der Waals surface area contributed by atoms with Crippen LogP contribution in [0.15, 0.2) is 42.5 Å². The molecular formula is C17H19F2N. The van der Waals surface area contributed by atoms with Crippen LogP contribution in [-0.4, -0.2) is 6.54 Å². The predicted molar refractivity (Wildman–Crippen MR) is 77.7 cm³/mol. The quantitative estimate of drug-likeness (QED) is 0.882. The van der Waals surface area contributed by atoms with Crippen LogP contribution in [0.1, 0.15) is 29.5 Å². The molecule has 0 fully saturated rings.